The average molecular weight is 218 g/mol. The summed E-state index contributed by atoms with van der Waals surface area (Å²) in [4.78, 5) is 4.33. The highest BCUT2D eigenvalue weighted by Gasteiger charge is 2.01. The maximum atomic E-state index is 5.51. The Bertz CT molecular complexity index is 467. The fourth-order valence-electron chi connectivity index (χ4n) is 1.34. The van der Waals surface area contributed by atoms with E-state index in [0.29, 0.717) is 19.0 Å². The fourth-order valence-corrected chi connectivity index (χ4v) is 1.34. The first-order valence-corrected chi connectivity index (χ1v) is 5.07. The van der Waals surface area contributed by atoms with Gasteiger partial charge in [-0.25, -0.2) is 0 Å². The summed E-state index contributed by atoms with van der Waals surface area (Å²) in [5, 5.41) is 6.79. The van der Waals surface area contributed by atoms with Crippen molar-refractivity contribution in [3.63, 3.8) is 0 Å². The molecule has 2 rings (SSSR count). The van der Waals surface area contributed by atoms with Crippen LogP contribution in [0.5, 0.6) is 5.88 Å². The molecule has 5 heteroatoms. The molecular weight excluding hydrogens is 204 g/mol. The van der Waals surface area contributed by atoms with E-state index in [1.807, 2.05) is 31.2 Å². The fraction of sp³-hybridized carbons (Fsp3) is 0.273. The Labute approximate surface area is 93.7 Å². The lowest BCUT2D eigenvalue weighted by Gasteiger charge is -2.03. The van der Waals surface area contributed by atoms with E-state index < -0.39 is 0 Å². The molecule has 0 radical (unpaired) electrons. The summed E-state index contributed by atoms with van der Waals surface area (Å²) >= 11 is 0. The van der Waals surface area contributed by atoms with E-state index >= 15 is 0 Å². The number of pyridine rings is 1. The topological polar surface area (TPSA) is 76.8 Å². The van der Waals surface area contributed by atoms with Crippen molar-refractivity contribution in [1.29, 1.82) is 0 Å². The van der Waals surface area contributed by atoms with Gasteiger partial charge in [-0.3, -0.25) is 10.1 Å². The molecule has 0 unspecified atom stereocenters. The Morgan fingerprint density at radius 2 is 2.19 bits per heavy atom. The van der Waals surface area contributed by atoms with Crippen molar-refractivity contribution in [2.45, 2.75) is 20.1 Å². The summed E-state index contributed by atoms with van der Waals surface area (Å²) in [5.74, 6) is 0.581. The van der Waals surface area contributed by atoms with Crippen LogP contribution in [-0.2, 0) is 13.2 Å². The third-order valence-corrected chi connectivity index (χ3v) is 2.12. The number of nitrogens with two attached hydrogens (primary N) is 1. The third-order valence-electron chi connectivity index (χ3n) is 2.12. The standard InChI is InChI=1S/C11H14N4O/c1-8-5-11(15-14-8)16-7-10-4-2-3-9(6-12)13-10/h2-5H,6-7,12H2,1H3,(H,14,15). The van der Waals surface area contributed by atoms with Crippen LogP contribution < -0.4 is 10.5 Å². The van der Waals surface area contributed by atoms with Crippen molar-refractivity contribution in [2.75, 3.05) is 0 Å². The van der Waals surface area contributed by atoms with E-state index in [9.17, 15) is 0 Å². The van der Waals surface area contributed by atoms with E-state index in [2.05, 4.69) is 15.2 Å². The van der Waals surface area contributed by atoms with Gasteiger partial charge in [-0.15, -0.1) is 5.10 Å². The smallest absolute Gasteiger partial charge is 0.233 e. The molecule has 0 aliphatic rings. The van der Waals surface area contributed by atoms with Gasteiger partial charge in [-0.2, -0.15) is 0 Å². The van der Waals surface area contributed by atoms with Gasteiger partial charge in [0.2, 0.25) is 5.88 Å². The SMILES string of the molecule is Cc1cc(OCc2cccc(CN)n2)n[nH]1. The summed E-state index contributed by atoms with van der Waals surface area (Å²) in [5.41, 5.74) is 8.19. The van der Waals surface area contributed by atoms with Gasteiger partial charge in [-0.1, -0.05) is 6.07 Å². The molecule has 0 atom stereocenters. The van der Waals surface area contributed by atoms with E-state index in [1.165, 1.54) is 0 Å². The van der Waals surface area contributed by atoms with Crippen molar-refractivity contribution in [2.24, 2.45) is 5.73 Å². The number of aryl methyl sites for hydroxylation is 1. The van der Waals surface area contributed by atoms with E-state index in [0.717, 1.165) is 17.1 Å². The number of nitrogens with zero attached hydrogens (tertiary/aromatic N) is 2. The van der Waals surface area contributed by atoms with Crippen LogP contribution in [0, 0.1) is 6.92 Å². The molecule has 0 saturated heterocycles. The number of aromatic amines is 1. The highest BCUT2D eigenvalue weighted by atomic mass is 16.5. The maximum absolute atomic E-state index is 5.51. The van der Waals surface area contributed by atoms with Gasteiger partial charge in [0.05, 0.1) is 11.4 Å². The van der Waals surface area contributed by atoms with E-state index in [1.54, 1.807) is 0 Å². The van der Waals surface area contributed by atoms with Crippen molar-refractivity contribution < 1.29 is 4.74 Å². The molecule has 2 heterocycles. The minimum Gasteiger partial charge on any atom is -0.470 e. The molecule has 2 aromatic heterocycles. The van der Waals surface area contributed by atoms with Crippen LogP contribution in [0.1, 0.15) is 17.1 Å². The second-order valence-electron chi connectivity index (χ2n) is 3.50. The van der Waals surface area contributed by atoms with Gasteiger partial charge in [0.25, 0.3) is 0 Å². The van der Waals surface area contributed by atoms with Gasteiger partial charge in [0.1, 0.15) is 6.61 Å². The molecule has 84 valence electrons. The van der Waals surface area contributed by atoms with Crippen molar-refractivity contribution in [3.05, 3.63) is 41.3 Å². The van der Waals surface area contributed by atoms with Gasteiger partial charge in [-0.05, 0) is 19.1 Å². The quantitative estimate of drug-likeness (QED) is 0.807. The molecule has 0 fully saturated rings. The lowest BCUT2D eigenvalue weighted by molar-refractivity contribution is 0.288. The minimum atomic E-state index is 0.401. The van der Waals surface area contributed by atoms with Gasteiger partial charge >= 0.3 is 0 Å². The second kappa shape index (κ2) is 4.76. The van der Waals surface area contributed by atoms with Crippen LogP contribution in [0.2, 0.25) is 0 Å². The lowest BCUT2D eigenvalue weighted by Crippen LogP contribution is -2.04. The molecule has 2 aromatic rings. The summed E-state index contributed by atoms with van der Waals surface area (Å²) in [6.45, 7) is 2.76. The first kappa shape index (κ1) is 10.6. The summed E-state index contributed by atoms with van der Waals surface area (Å²) in [7, 11) is 0. The van der Waals surface area contributed by atoms with E-state index in [-0.39, 0.29) is 0 Å². The Balaban J connectivity index is 1.99. The highest BCUT2D eigenvalue weighted by Crippen LogP contribution is 2.09. The van der Waals surface area contributed by atoms with E-state index in [4.69, 9.17) is 10.5 Å². The van der Waals surface area contributed by atoms with Crippen molar-refractivity contribution in [1.82, 2.24) is 15.2 Å². The van der Waals surface area contributed by atoms with Gasteiger partial charge in [0, 0.05) is 18.3 Å². The molecule has 0 spiro atoms. The molecule has 0 aromatic carbocycles. The van der Waals surface area contributed by atoms with Crippen LogP contribution in [0.4, 0.5) is 0 Å². The predicted octanol–water partition coefficient (Wildman–Crippen LogP) is 1.15. The Hall–Kier alpha value is -1.88. The zero-order valence-electron chi connectivity index (χ0n) is 9.10. The van der Waals surface area contributed by atoms with Crippen molar-refractivity contribution >= 4 is 0 Å². The molecule has 0 bridgehead atoms. The monoisotopic (exact) mass is 218 g/mol. The van der Waals surface area contributed by atoms with Crippen LogP contribution in [0.25, 0.3) is 0 Å². The molecule has 0 amide bonds. The zero-order valence-corrected chi connectivity index (χ0v) is 9.10. The Kier molecular flexibility index (Phi) is 3.16. The Morgan fingerprint density at radius 3 is 2.88 bits per heavy atom. The molecular formula is C11H14N4O. The zero-order chi connectivity index (χ0) is 11.4. The molecule has 3 N–H and O–H groups in total. The number of hydrogen-bond acceptors (Lipinski definition) is 4. The normalized spacial score (nSPS) is 10.4. The average Bonchev–Trinajstić information content (AvgIpc) is 2.73. The molecule has 0 aliphatic heterocycles. The second-order valence-corrected chi connectivity index (χ2v) is 3.50. The molecule has 16 heavy (non-hydrogen) atoms. The number of ether oxygens (including phenoxy) is 1. The lowest BCUT2D eigenvalue weighted by atomic mass is 10.3. The van der Waals surface area contributed by atoms with Crippen LogP contribution in [0.3, 0.4) is 0 Å². The number of aromatic nitrogens is 3. The molecule has 5 nitrogen and oxygen atoms in total. The van der Waals surface area contributed by atoms with Crippen LogP contribution in [-0.4, -0.2) is 15.2 Å². The summed E-state index contributed by atoms with van der Waals surface area (Å²) in [6, 6.07) is 7.55. The molecule has 0 aliphatic carbocycles. The maximum Gasteiger partial charge on any atom is 0.233 e. The summed E-state index contributed by atoms with van der Waals surface area (Å²) < 4.78 is 5.47. The minimum absolute atomic E-state index is 0.401. The number of hydrogen-bond donors (Lipinski definition) is 2. The Morgan fingerprint density at radius 1 is 1.38 bits per heavy atom. The molecule has 0 saturated carbocycles. The first-order chi connectivity index (χ1) is 7.78. The van der Waals surface area contributed by atoms with Gasteiger partial charge in [0.15, 0.2) is 0 Å². The highest BCUT2D eigenvalue weighted by molar-refractivity contribution is 5.14. The largest absolute Gasteiger partial charge is 0.470 e. The predicted molar refractivity (Wildman–Crippen MR) is 59.8 cm³/mol. The number of rotatable bonds is 4. The van der Waals surface area contributed by atoms with Crippen molar-refractivity contribution in [3.8, 4) is 5.88 Å². The summed E-state index contributed by atoms with van der Waals surface area (Å²) in [6.07, 6.45) is 0. The number of nitrogens with one attached hydrogen (secondary N) is 1. The third kappa shape index (κ3) is 2.58. The van der Waals surface area contributed by atoms with Gasteiger partial charge < -0.3 is 10.5 Å². The van der Waals surface area contributed by atoms with Crippen LogP contribution in [0.15, 0.2) is 24.3 Å². The van der Waals surface area contributed by atoms with Crippen LogP contribution >= 0.6 is 0 Å². The first-order valence-electron chi connectivity index (χ1n) is 5.07. The number of H-pyrrole nitrogens is 1.